The second-order valence-electron chi connectivity index (χ2n) is 4.89. The summed E-state index contributed by atoms with van der Waals surface area (Å²) in [6.07, 6.45) is 0.605. The minimum Gasteiger partial charge on any atom is -0.463 e. The minimum absolute atomic E-state index is 0.0309. The normalized spacial score (nSPS) is 22.6. The Bertz CT molecular complexity index is 577. The van der Waals surface area contributed by atoms with Crippen LogP contribution in [0.3, 0.4) is 0 Å². The number of hydrogen-bond donors (Lipinski definition) is 1. The molecule has 1 fully saturated rings. The van der Waals surface area contributed by atoms with Gasteiger partial charge in [-0.2, -0.15) is 0 Å². The van der Waals surface area contributed by atoms with Crippen LogP contribution in [0.4, 0.5) is 0 Å². The molecule has 0 saturated carbocycles. The zero-order chi connectivity index (χ0) is 14.8. The predicted molar refractivity (Wildman–Crippen MR) is 73.2 cm³/mol. The zero-order valence-electron chi connectivity index (χ0n) is 11.6. The highest BCUT2D eigenvalue weighted by atomic mass is 32.2. The van der Waals surface area contributed by atoms with Crippen LogP contribution in [0.15, 0.2) is 16.5 Å². The molecule has 112 valence electrons. The van der Waals surface area contributed by atoms with E-state index in [1.807, 2.05) is 6.92 Å². The van der Waals surface area contributed by atoms with E-state index in [-0.39, 0.29) is 29.2 Å². The fraction of sp³-hybridized carbons (Fsp3) is 0.615. The van der Waals surface area contributed by atoms with E-state index in [0.717, 1.165) is 0 Å². The molecular formula is C13H19NO5S. The Kier molecular flexibility index (Phi) is 4.49. The van der Waals surface area contributed by atoms with Crippen molar-refractivity contribution in [2.45, 2.75) is 19.4 Å². The number of esters is 1. The van der Waals surface area contributed by atoms with Gasteiger partial charge in [0.1, 0.15) is 5.76 Å². The number of hydrogen-bond acceptors (Lipinski definition) is 6. The molecule has 0 aliphatic carbocycles. The number of furan rings is 1. The summed E-state index contributed by atoms with van der Waals surface area (Å²) in [4.78, 5) is 11.4. The first kappa shape index (κ1) is 15.1. The number of methoxy groups -OCH3 is 1. The molecule has 2 unspecified atom stereocenters. The molecule has 20 heavy (non-hydrogen) atoms. The Morgan fingerprint density at radius 2 is 2.30 bits per heavy atom. The van der Waals surface area contributed by atoms with Crippen LogP contribution in [-0.2, 0) is 14.6 Å². The largest absolute Gasteiger partial charge is 0.463 e. The Labute approximate surface area is 118 Å². The molecule has 1 N–H and O–H groups in total. The van der Waals surface area contributed by atoms with Crippen molar-refractivity contribution in [2.75, 3.05) is 25.2 Å². The second-order valence-corrected chi connectivity index (χ2v) is 7.12. The highest BCUT2D eigenvalue weighted by Crippen LogP contribution is 2.32. The number of ether oxygens (including phenoxy) is 1. The lowest BCUT2D eigenvalue weighted by Gasteiger charge is -2.21. The lowest BCUT2D eigenvalue weighted by Crippen LogP contribution is -2.28. The Morgan fingerprint density at radius 1 is 1.55 bits per heavy atom. The van der Waals surface area contributed by atoms with Crippen molar-refractivity contribution < 1.29 is 22.4 Å². The van der Waals surface area contributed by atoms with E-state index in [1.54, 1.807) is 12.1 Å². The molecule has 0 bridgehead atoms. The van der Waals surface area contributed by atoms with Gasteiger partial charge in [-0.15, -0.1) is 0 Å². The lowest BCUT2D eigenvalue weighted by molar-refractivity contribution is 0.0561. The van der Waals surface area contributed by atoms with Gasteiger partial charge in [0.15, 0.2) is 9.84 Å². The van der Waals surface area contributed by atoms with E-state index in [0.29, 0.717) is 18.7 Å². The average Bonchev–Trinajstić information content (AvgIpc) is 3.01. The summed E-state index contributed by atoms with van der Waals surface area (Å²) in [6, 6.07) is 3.05. The maximum Gasteiger partial charge on any atom is 0.373 e. The number of nitrogens with one attached hydrogen (secondary N) is 1. The quantitative estimate of drug-likeness (QED) is 0.821. The van der Waals surface area contributed by atoms with Gasteiger partial charge in [-0.3, -0.25) is 0 Å². The van der Waals surface area contributed by atoms with Crippen molar-refractivity contribution in [1.29, 1.82) is 0 Å². The van der Waals surface area contributed by atoms with Gasteiger partial charge in [0.05, 0.1) is 24.7 Å². The number of carbonyl (C=O) groups excluding carboxylic acids is 1. The van der Waals surface area contributed by atoms with Gasteiger partial charge >= 0.3 is 5.97 Å². The third-order valence-electron chi connectivity index (χ3n) is 3.48. The molecule has 0 aromatic carbocycles. The van der Waals surface area contributed by atoms with Crippen LogP contribution < -0.4 is 5.32 Å². The van der Waals surface area contributed by atoms with Crippen molar-refractivity contribution in [3.8, 4) is 0 Å². The maximum absolute atomic E-state index is 11.6. The number of rotatable bonds is 5. The van der Waals surface area contributed by atoms with Gasteiger partial charge in [0.25, 0.3) is 0 Å². The van der Waals surface area contributed by atoms with E-state index in [1.165, 1.54) is 7.11 Å². The first-order valence-corrected chi connectivity index (χ1v) is 8.41. The summed E-state index contributed by atoms with van der Waals surface area (Å²) in [5, 5.41) is 3.24. The van der Waals surface area contributed by atoms with E-state index >= 15 is 0 Å². The molecule has 1 aliphatic heterocycles. The van der Waals surface area contributed by atoms with E-state index in [9.17, 15) is 13.2 Å². The van der Waals surface area contributed by atoms with Gasteiger partial charge in [0.2, 0.25) is 5.76 Å². The zero-order valence-corrected chi connectivity index (χ0v) is 12.4. The van der Waals surface area contributed by atoms with Crippen molar-refractivity contribution in [3.63, 3.8) is 0 Å². The summed E-state index contributed by atoms with van der Waals surface area (Å²) in [6.45, 7) is 2.64. The van der Waals surface area contributed by atoms with Gasteiger partial charge in [0, 0.05) is 0 Å². The van der Waals surface area contributed by atoms with Crippen LogP contribution in [0.5, 0.6) is 0 Å². The third-order valence-corrected chi connectivity index (χ3v) is 5.28. The molecule has 1 aromatic rings. The van der Waals surface area contributed by atoms with E-state index < -0.39 is 15.8 Å². The summed E-state index contributed by atoms with van der Waals surface area (Å²) in [5.74, 6) is 0.506. The van der Waals surface area contributed by atoms with Crippen LogP contribution in [0.25, 0.3) is 0 Å². The summed E-state index contributed by atoms with van der Waals surface area (Å²) in [7, 11) is -1.67. The van der Waals surface area contributed by atoms with E-state index in [4.69, 9.17) is 4.42 Å². The molecule has 2 rings (SSSR count). The SMILES string of the molecule is CCNC(c1ccc(C(=O)OC)o1)C1CCS(=O)(=O)C1. The summed E-state index contributed by atoms with van der Waals surface area (Å²) in [5.41, 5.74) is 0. The van der Waals surface area contributed by atoms with Crippen LogP contribution in [0.2, 0.25) is 0 Å². The Morgan fingerprint density at radius 3 is 2.85 bits per heavy atom. The molecule has 0 radical (unpaired) electrons. The first-order chi connectivity index (χ1) is 9.46. The molecule has 0 spiro atoms. The molecule has 7 heteroatoms. The molecule has 1 aliphatic rings. The Hall–Kier alpha value is -1.34. The molecule has 2 heterocycles. The minimum atomic E-state index is -2.95. The predicted octanol–water partition coefficient (Wildman–Crippen LogP) is 1.15. The third kappa shape index (κ3) is 3.21. The van der Waals surface area contributed by atoms with Crippen LogP contribution >= 0.6 is 0 Å². The lowest BCUT2D eigenvalue weighted by atomic mass is 9.97. The molecular weight excluding hydrogens is 282 g/mol. The van der Waals surface area contributed by atoms with Crippen molar-refractivity contribution in [1.82, 2.24) is 5.32 Å². The smallest absolute Gasteiger partial charge is 0.373 e. The highest BCUT2D eigenvalue weighted by molar-refractivity contribution is 7.91. The van der Waals surface area contributed by atoms with Gasteiger partial charge in [-0.1, -0.05) is 6.92 Å². The topological polar surface area (TPSA) is 85.6 Å². The van der Waals surface area contributed by atoms with Crippen molar-refractivity contribution >= 4 is 15.8 Å². The van der Waals surface area contributed by atoms with Gasteiger partial charge in [-0.05, 0) is 31.0 Å². The number of carbonyl (C=O) groups is 1. The van der Waals surface area contributed by atoms with Crippen LogP contribution in [0, 0.1) is 5.92 Å². The summed E-state index contributed by atoms with van der Waals surface area (Å²) >= 11 is 0. The van der Waals surface area contributed by atoms with E-state index in [2.05, 4.69) is 10.1 Å². The maximum atomic E-state index is 11.6. The monoisotopic (exact) mass is 301 g/mol. The van der Waals surface area contributed by atoms with Crippen molar-refractivity contribution in [3.05, 3.63) is 23.7 Å². The van der Waals surface area contributed by atoms with Crippen molar-refractivity contribution in [2.24, 2.45) is 5.92 Å². The molecule has 1 saturated heterocycles. The number of sulfone groups is 1. The molecule has 1 aromatic heterocycles. The highest BCUT2D eigenvalue weighted by Gasteiger charge is 2.35. The Balaban J connectivity index is 2.20. The average molecular weight is 301 g/mol. The first-order valence-electron chi connectivity index (χ1n) is 6.58. The summed E-state index contributed by atoms with van der Waals surface area (Å²) < 4.78 is 33.3. The second kappa shape index (κ2) is 5.97. The fourth-order valence-corrected chi connectivity index (χ4v) is 4.38. The molecule has 0 amide bonds. The van der Waals surface area contributed by atoms with Gasteiger partial charge < -0.3 is 14.5 Å². The van der Waals surface area contributed by atoms with Crippen LogP contribution in [-0.4, -0.2) is 39.5 Å². The van der Waals surface area contributed by atoms with Crippen LogP contribution in [0.1, 0.15) is 35.7 Å². The molecule has 2 atom stereocenters. The molecule has 6 nitrogen and oxygen atoms in total. The standard InChI is InChI=1S/C13H19NO5S/c1-3-14-12(9-6-7-20(16,17)8-9)10-4-5-11(19-10)13(15)18-2/h4-5,9,12,14H,3,6-8H2,1-2H3. The van der Waals surface area contributed by atoms with Gasteiger partial charge in [-0.25, -0.2) is 13.2 Å². The fourth-order valence-electron chi connectivity index (χ4n) is 2.54.